The first kappa shape index (κ1) is 16.6. The first-order valence-electron chi connectivity index (χ1n) is 8.63. The molecule has 0 unspecified atom stereocenters. The Bertz CT molecular complexity index is 1090. The number of para-hydroxylation sites is 1. The molecule has 8 heteroatoms. The van der Waals surface area contributed by atoms with Gasteiger partial charge in [0.1, 0.15) is 12.1 Å². The van der Waals surface area contributed by atoms with E-state index in [1.807, 2.05) is 18.2 Å². The van der Waals surface area contributed by atoms with E-state index in [0.29, 0.717) is 18.7 Å². The van der Waals surface area contributed by atoms with Crippen molar-refractivity contribution in [1.29, 1.82) is 0 Å². The highest BCUT2D eigenvalue weighted by atomic mass is 16.5. The van der Waals surface area contributed by atoms with Crippen LogP contribution in [0, 0.1) is 0 Å². The highest BCUT2D eigenvalue weighted by molar-refractivity contribution is 5.86. The number of nitrogens with one attached hydrogen (secondary N) is 1. The number of carbonyl (C=O) groups is 1. The summed E-state index contributed by atoms with van der Waals surface area (Å²) in [6, 6.07) is 9.06. The van der Waals surface area contributed by atoms with Crippen molar-refractivity contribution in [3.05, 3.63) is 51.2 Å². The molecule has 4 rings (SSSR count). The number of hydrogen-bond donors (Lipinski definition) is 1. The number of carbonyl (C=O) groups excluding carboxylic acids is 1. The minimum Gasteiger partial charge on any atom is -0.381 e. The van der Waals surface area contributed by atoms with Crippen LogP contribution in [0.15, 0.2) is 39.9 Å². The van der Waals surface area contributed by atoms with Gasteiger partial charge in [-0.05, 0) is 25.0 Å². The van der Waals surface area contributed by atoms with Gasteiger partial charge >= 0.3 is 5.69 Å². The molecule has 1 aliphatic heterocycles. The van der Waals surface area contributed by atoms with Crippen molar-refractivity contribution < 1.29 is 9.53 Å². The molecule has 8 nitrogen and oxygen atoms in total. The Kier molecular flexibility index (Phi) is 4.12. The van der Waals surface area contributed by atoms with E-state index in [1.165, 1.54) is 4.40 Å². The molecule has 1 N–H and O–H groups in total. The molecule has 0 radical (unpaired) electrons. The largest absolute Gasteiger partial charge is 0.381 e. The molecule has 26 heavy (non-hydrogen) atoms. The minimum atomic E-state index is -0.442. The lowest BCUT2D eigenvalue weighted by molar-refractivity contribution is -0.134. The Morgan fingerprint density at radius 3 is 2.73 bits per heavy atom. The van der Waals surface area contributed by atoms with E-state index < -0.39 is 11.2 Å². The molecule has 1 aliphatic rings. The molecule has 0 spiro atoms. The first-order chi connectivity index (χ1) is 12.6. The topological polar surface area (TPSA) is 88.8 Å². The van der Waals surface area contributed by atoms with Crippen LogP contribution in [0.2, 0.25) is 0 Å². The van der Waals surface area contributed by atoms with Gasteiger partial charge in [-0.2, -0.15) is 0 Å². The van der Waals surface area contributed by atoms with Crippen LogP contribution in [-0.4, -0.2) is 51.3 Å². The zero-order valence-electron chi connectivity index (χ0n) is 14.5. The average Bonchev–Trinajstić information content (AvgIpc) is 3.06. The normalized spacial score (nSPS) is 15.6. The van der Waals surface area contributed by atoms with Crippen LogP contribution < -0.4 is 11.2 Å². The van der Waals surface area contributed by atoms with Crippen molar-refractivity contribution in [1.82, 2.24) is 19.1 Å². The molecule has 1 fully saturated rings. The van der Waals surface area contributed by atoms with Crippen LogP contribution in [0.4, 0.5) is 0 Å². The molecule has 1 aromatic carbocycles. The number of aromatic nitrogens is 3. The van der Waals surface area contributed by atoms with Gasteiger partial charge in [0, 0.05) is 31.7 Å². The summed E-state index contributed by atoms with van der Waals surface area (Å²) in [6.45, 7) is 1.06. The Balaban J connectivity index is 1.70. The second-order valence-corrected chi connectivity index (χ2v) is 6.58. The van der Waals surface area contributed by atoms with E-state index in [0.717, 1.165) is 22.9 Å². The number of amides is 1. The van der Waals surface area contributed by atoms with Gasteiger partial charge in [-0.3, -0.25) is 14.0 Å². The third-order valence-electron chi connectivity index (χ3n) is 5.03. The van der Waals surface area contributed by atoms with Crippen molar-refractivity contribution in [2.75, 3.05) is 20.3 Å². The summed E-state index contributed by atoms with van der Waals surface area (Å²) in [5, 5.41) is 3.33. The molecule has 0 bridgehead atoms. The third-order valence-corrected chi connectivity index (χ3v) is 5.03. The fraction of sp³-hybridized carbons (Fsp3) is 0.389. The van der Waals surface area contributed by atoms with E-state index in [2.05, 4.69) is 5.10 Å². The monoisotopic (exact) mass is 356 g/mol. The quantitative estimate of drug-likeness (QED) is 0.743. The lowest BCUT2D eigenvalue weighted by Gasteiger charge is -2.31. The Hall–Kier alpha value is -2.87. The Labute approximate surface area is 148 Å². The maximum absolute atomic E-state index is 12.8. The summed E-state index contributed by atoms with van der Waals surface area (Å²) >= 11 is 0. The van der Waals surface area contributed by atoms with Gasteiger partial charge in [0.25, 0.3) is 5.56 Å². The second kappa shape index (κ2) is 6.45. The fourth-order valence-electron chi connectivity index (χ4n) is 3.52. The number of ether oxygens (including phenoxy) is 1. The number of aromatic amines is 1. The predicted octanol–water partition coefficient (Wildman–Crippen LogP) is 0.580. The molecule has 136 valence electrons. The van der Waals surface area contributed by atoms with Crippen LogP contribution in [0.1, 0.15) is 12.8 Å². The molecule has 1 amide bonds. The Morgan fingerprint density at radius 2 is 1.96 bits per heavy atom. The summed E-state index contributed by atoms with van der Waals surface area (Å²) in [5.74, 6) is -0.213. The lowest BCUT2D eigenvalue weighted by atomic mass is 10.1. The number of hydrogen-bond acceptors (Lipinski definition) is 4. The third kappa shape index (κ3) is 2.72. The number of likely N-dealkylation sites (N-methyl/N-ethyl adjacent to an activating group) is 1. The zero-order valence-corrected chi connectivity index (χ0v) is 14.5. The number of nitrogens with zero attached hydrogens (tertiary/aromatic N) is 3. The smallest absolute Gasteiger partial charge is 0.345 e. The van der Waals surface area contributed by atoms with E-state index in [-0.39, 0.29) is 24.0 Å². The van der Waals surface area contributed by atoms with Crippen molar-refractivity contribution in [2.45, 2.75) is 25.4 Å². The zero-order chi connectivity index (χ0) is 18.3. The highest BCUT2D eigenvalue weighted by Gasteiger charge is 2.23. The van der Waals surface area contributed by atoms with Crippen molar-refractivity contribution in [2.24, 2.45) is 0 Å². The first-order valence-corrected chi connectivity index (χ1v) is 8.63. The van der Waals surface area contributed by atoms with Gasteiger partial charge in [0.15, 0.2) is 0 Å². The van der Waals surface area contributed by atoms with Crippen molar-refractivity contribution in [3.63, 3.8) is 0 Å². The summed E-state index contributed by atoms with van der Waals surface area (Å²) in [7, 11) is 1.73. The standard InChI is InChI=1S/C18H20N4O4/c1-20(13-6-8-26-9-7-13)16(23)11-21-17(24)15-10-12-4-2-3-5-14(12)22(15)18(25)19-21/h2-5,10,13H,6-9,11H2,1H3,(H,19,25). The molecule has 3 heterocycles. The van der Waals surface area contributed by atoms with E-state index >= 15 is 0 Å². The number of fused-ring (bicyclic) bond motifs is 3. The number of rotatable bonds is 3. The molecular weight excluding hydrogens is 336 g/mol. The lowest BCUT2D eigenvalue weighted by Crippen LogP contribution is -2.44. The van der Waals surface area contributed by atoms with Gasteiger partial charge in [0.05, 0.1) is 5.52 Å². The van der Waals surface area contributed by atoms with Crippen LogP contribution in [0.25, 0.3) is 16.4 Å². The molecular formula is C18H20N4O4. The second-order valence-electron chi connectivity index (χ2n) is 6.58. The van der Waals surface area contributed by atoms with E-state index in [9.17, 15) is 14.4 Å². The van der Waals surface area contributed by atoms with Gasteiger partial charge < -0.3 is 9.64 Å². The number of benzene rings is 1. The molecule has 0 atom stereocenters. The van der Waals surface area contributed by atoms with E-state index in [4.69, 9.17) is 4.74 Å². The van der Waals surface area contributed by atoms with Gasteiger partial charge in [0.2, 0.25) is 5.91 Å². The molecule has 1 saturated heterocycles. The van der Waals surface area contributed by atoms with Crippen molar-refractivity contribution >= 4 is 22.3 Å². The minimum absolute atomic E-state index is 0.0956. The predicted molar refractivity (Wildman–Crippen MR) is 96.4 cm³/mol. The van der Waals surface area contributed by atoms with Crippen LogP contribution in [0.5, 0.6) is 0 Å². The molecule has 0 aliphatic carbocycles. The SMILES string of the molecule is CN(C(=O)Cn1[nH]c(=O)n2c(cc3ccccc32)c1=O)C1CCOCC1. The van der Waals surface area contributed by atoms with Crippen LogP contribution in [-0.2, 0) is 16.1 Å². The maximum atomic E-state index is 12.8. The van der Waals surface area contributed by atoms with E-state index in [1.54, 1.807) is 24.1 Å². The van der Waals surface area contributed by atoms with Crippen LogP contribution >= 0.6 is 0 Å². The van der Waals surface area contributed by atoms with Crippen molar-refractivity contribution in [3.8, 4) is 0 Å². The highest BCUT2D eigenvalue weighted by Crippen LogP contribution is 2.16. The summed E-state index contributed by atoms with van der Waals surface area (Å²) < 4.78 is 7.76. The molecule has 0 saturated carbocycles. The molecule has 3 aromatic rings. The van der Waals surface area contributed by atoms with Gasteiger partial charge in [-0.25, -0.2) is 14.6 Å². The summed E-state index contributed by atoms with van der Waals surface area (Å²) in [6.07, 6.45) is 1.55. The summed E-state index contributed by atoms with van der Waals surface area (Å²) in [5.41, 5.74) is 0.0898. The average molecular weight is 356 g/mol. The van der Waals surface area contributed by atoms with Crippen LogP contribution in [0.3, 0.4) is 0 Å². The summed E-state index contributed by atoms with van der Waals surface area (Å²) in [4.78, 5) is 39.5. The van der Waals surface area contributed by atoms with Gasteiger partial charge in [-0.1, -0.05) is 18.2 Å². The molecule has 2 aromatic heterocycles. The maximum Gasteiger partial charge on any atom is 0.345 e. The number of H-pyrrole nitrogens is 1. The Morgan fingerprint density at radius 1 is 1.23 bits per heavy atom. The fourth-order valence-corrected chi connectivity index (χ4v) is 3.52. The van der Waals surface area contributed by atoms with Gasteiger partial charge in [-0.15, -0.1) is 0 Å².